The third-order valence-electron chi connectivity index (χ3n) is 5.88. The van der Waals surface area contributed by atoms with E-state index in [0.717, 1.165) is 37.0 Å². The van der Waals surface area contributed by atoms with Crippen LogP contribution in [0.25, 0.3) is 0 Å². The molecule has 2 nitrogen and oxygen atoms in total. The number of ketones is 1. The molecular formula is C18H20Cl2O2. The zero-order valence-corrected chi connectivity index (χ0v) is 14.0. The summed E-state index contributed by atoms with van der Waals surface area (Å²) in [4.78, 5) is 12.9. The highest BCUT2D eigenvalue weighted by molar-refractivity contribution is 6.34. The van der Waals surface area contributed by atoms with Gasteiger partial charge in [0.1, 0.15) is 12.4 Å². The Labute approximate surface area is 141 Å². The molecule has 1 aromatic carbocycles. The molecule has 0 aliphatic heterocycles. The van der Waals surface area contributed by atoms with Crippen molar-refractivity contribution in [3.05, 3.63) is 28.2 Å². The van der Waals surface area contributed by atoms with Gasteiger partial charge in [-0.15, -0.1) is 0 Å². The molecule has 0 saturated heterocycles. The minimum atomic E-state index is -0.111. The molecule has 0 spiro atoms. The molecule has 1 aromatic rings. The molecule has 0 atom stereocenters. The largest absolute Gasteiger partial charge is 0.484 e. The summed E-state index contributed by atoms with van der Waals surface area (Å²) in [5.41, 5.74) is -0.111. The first-order valence-corrected chi connectivity index (χ1v) is 8.91. The van der Waals surface area contributed by atoms with Crippen LogP contribution in [-0.4, -0.2) is 12.4 Å². The number of ether oxygens (including phenoxy) is 1. The average molecular weight is 339 g/mol. The monoisotopic (exact) mass is 338 g/mol. The molecule has 0 N–H and O–H groups in total. The number of Topliss-reactive ketones (excluding diaryl/α,β-unsaturated/α-hetero) is 1. The zero-order valence-electron chi connectivity index (χ0n) is 12.5. The van der Waals surface area contributed by atoms with Crippen LogP contribution in [0.4, 0.5) is 0 Å². The first-order valence-electron chi connectivity index (χ1n) is 8.15. The van der Waals surface area contributed by atoms with Crippen LogP contribution >= 0.6 is 23.2 Å². The van der Waals surface area contributed by atoms with E-state index < -0.39 is 0 Å². The van der Waals surface area contributed by atoms with E-state index in [1.54, 1.807) is 18.2 Å². The van der Waals surface area contributed by atoms with Gasteiger partial charge in [-0.05, 0) is 68.4 Å². The lowest BCUT2D eigenvalue weighted by Crippen LogP contribution is -2.51. The maximum absolute atomic E-state index is 12.9. The van der Waals surface area contributed by atoms with Crippen LogP contribution in [-0.2, 0) is 4.79 Å². The second kappa shape index (κ2) is 5.42. The van der Waals surface area contributed by atoms with Crippen LogP contribution in [0.15, 0.2) is 18.2 Å². The molecule has 4 aliphatic rings. The molecule has 118 valence electrons. The van der Waals surface area contributed by atoms with Crippen LogP contribution in [0.5, 0.6) is 5.75 Å². The maximum Gasteiger partial charge on any atom is 0.176 e. The number of hydrogen-bond donors (Lipinski definition) is 0. The molecule has 4 bridgehead atoms. The van der Waals surface area contributed by atoms with Gasteiger partial charge in [0.15, 0.2) is 5.78 Å². The van der Waals surface area contributed by atoms with Crippen LogP contribution in [0.3, 0.4) is 0 Å². The smallest absolute Gasteiger partial charge is 0.176 e. The lowest BCUT2D eigenvalue weighted by atomic mass is 9.48. The molecule has 4 saturated carbocycles. The molecule has 5 rings (SSSR count). The fourth-order valence-corrected chi connectivity index (χ4v) is 5.67. The fraction of sp³-hybridized carbons (Fsp3) is 0.611. The van der Waals surface area contributed by atoms with Crippen molar-refractivity contribution in [3.8, 4) is 5.75 Å². The van der Waals surface area contributed by atoms with Crippen LogP contribution in [0.1, 0.15) is 38.5 Å². The quantitative estimate of drug-likeness (QED) is 0.758. The van der Waals surface area contributed by atoms with Gasteiger partial charge in [0.05, 0.1) is 5.02 Å². The summed E-state index contributed by atoms with van der Waals surface area (Å²) < 4.78 is 5.70. The molecule has 4 fully saturated rings. The van der Waals surface area contributed by atoms with Gasteiger partial charge in [-0.3, -0.25) is 4.79 Å². The SMILES string of the molecule is O=C(COc1cc(Cl)ccc1Cl)C12CC3CC(CC(C3)C1)C2. The van der Waals surface area contributed by atoms with E-state index in [-0.39, 0.29) is 17.8 Å². The van der Waals surface area contributed by atoms with Crippen molar-refractivity contribution in [1.29, 1.82) is 0 Å². The van der Waals surface area contributed by atoms with Gasteiger partial charge in [-0.1, -0.05) is 23.2 Å². The van der Waals surface area contributed by atoms with E-state index in [1.165, 1.54) is 19.3 Å². The second-order valence-corrected chi connectivity index (χ2v) is 8.33. The molecular weight excluding hydrogens is 319 g/mol. The van der Waals surface area contributed by atoms with Crippen molar-refractivity contribution in [2.45, 2.75) is 38.5 Å². The number of benzene rings is 1. The molecule has 0 unspecified atom stereocenters. The van der Waals surface area contributed by atoms with Gasteiger partial charge >= 0.3 is 0 Å². The summed E-state index contributed by atoms with van der Waals surface area (Å²) >= 11 is 12.1. The van der Waals surface area contributed by atoms with Crippen LogP contribution in [0, 0.1) is 23.2 Å². The van der Waals surface area contributed by atoms with Crippen molar-refractivity contribution < 1.29 is 9.53 Å². The Hall–Kier alpha value is -0.730. The number of halogens is 2. The molecule has 4 aliphatic carbocycles. The van der Waals surface area contributed by atoms with E-state index in [9.17, 15) is 4.79 Å². The Morgan fingerprint density at radius 2 is 1.68 bits per heavy atom. The first-order chi connectivity index (χ1) is 10.5. The van der Waals surface area contributed by atoms with Gasteiger partial charge in [0, 0.05) is 16.5 Å². The predicted molar refractivity (Wildman–Crippen MR) is 87.6 cm³/mol. The molecule has 0 amide bonds. The Morgan fingerprint density at radius 3 is 2.27 bits per heavy atom. The highest BCUT2D eigenvalue weighted by Crippen LogP contribution is 2.60. The summed E-state index contributed by atoms with van der Waals surface area (Å²) in [6.07, 6.45) is 7.24. The average Bonchev–Trinajstić information content (AvgIpc) is 2.46. The molecule has 0 radical (unpaired) electrons. The molecule has 22 heavy (non-hydrogen) atoms. The van der Waals surface area contributed by atoms with Crippen molar-refractivity contribution in [3.63, 3.8) is 0 Å². The number of hydrogen-bond acceptors (Lipinski definition) is 2. The summed E-state index contributed by atoms with van der Waals surface area (Å²) in [7, 11) is 0. The highest BCUT2D eigenvalue weighted by atomic mass is 35.5. The van der Waals surface area contributed by atoms with Gasteiger partial charge in [-0.2, -0.15) is 0 Å². The predicted octanol–water partition coefficient (Wildman–Crippen LogP) is 5.16. The number of carbonyl (C=O) groups excluding carboxylic acids is 1. The topological polar surface area (TPSA) is 26.3 Å². The third kappa shape index (κ3) is 2.55. The van der Waals surface area contributed by atoms with Crippen molar-refractivity contribution in [1.82, 2.24) is 0 Å². The number of rotatable bonds is 4. The Balaban J connectivity index is 1.47. The minimum absolute atomic E-state index is 0.111. The summed E-state index contributed by atoms with van der Waals surface area (Å²) in [6.45, 7) is 0.117. The fourth-order valence-electron chi connectivity index (χ4n) is 5.34. The molecule has 0 aromatic heterocycles. The van der Waals surface area contributed by atoms with E-state index >= 15 is 0 Å². The first kappa shape index (κ1) is 14.8. The summed E-state index contributed by atoms with van der Waals surface area (Å²) in [5.74, 6) is 3.08. The Morgan fingerprint density at radius 1 is 1.09 bits per heavy atom. The Kier molecular flexibility index (Phi) is 3.65. The van der Waals surface area contributed by atoms with E-state index in [4.69, 9.17) is 27.9 Å². The lowest BCUT2D eigenvalue weighted by Gasteiger charge is -2.55. The van der Waals surface area contributed by atoms with E-state index in [2.05, 4.69) is 0 Å². The standard InChI is InChI=1S/C18H20Cl2O2/c19-14-1-2-15(20)16(6-14)22-10-17(21)18-7-11-3-12(8-18)5-13(4-11)9-18/h1-2,6,11-13H,3-5,7-10H2. The maximum atomic E-state index is 12.9. The van der Waals surface area contributed by atoms with Crippen molar-refractivity contribution in [2.24, 2.45) is 23.2 Å². The van der Waals surface area contributed by atoms with Crippen LogP contribution < -0.4 is 4.74 Å². The number of carbonyl (C=O) groups is 1. The normalized spacial score (nSPS) is 35.6. The van der Waals surface area contributed by atoms with Gasteiger partial charge in [0.25, 0.3) is 0 Å². The zero-order chi connectivity index (χ0) is 15.3. The second-order valence-electron chi connectivity index (χ2n) is 7.48. The summed E-state index contributed by atoms with van der Waals surface area (Å²) in [5, 5.41) is 1.07. The molecule has 0 heterocycles. The van der Waals surface area contributed by atoms with Crippen molar-refractivity contribution >= 4 is 29.0 Å². The van der Waals surface area contributed by atoms with Crippen LogP contribution in [0.2, 0.25) is 10.0 Å². The van der Waals surface area contributed by atoms with Gasteiger partial charge < -0.3 is 4.74 Å². The molecule has 4 heteroatoms. The minimum Gasteiger partial charge on any atom is -0.484 e. The Bertz CT molecular complexity index is 576. The van der Waals surface area contributed by atoms with Gasteiger partial charge in [-0.25, -0.2) is 0 Å². The van der Waals surface area contributed by atoms with E-state index in [1.807, 2.05) is 0 Å². The summed E-state index contributed by atoms with van der Waals surface area (Å²) in [6, 6.07) is 5.10. The van der Waals surface area contributed by atoms with Crippen molar-refractivity contribution in [2.75, 3.05) is 6.61 Å². The van der Waals surface area contributed by atoms with Gasteiger partial charge in [0.2, 0.25) is 0 Å². The lowest BCUT2D eigenvalue weighted by molar-refractivity contribution is -0.145. The van der Waals surface area contributed by atoms with E-state index in [0.29, 0.717) is 15.8 Å². The third-order valence-corrected chi connectivity index (χ3v) is 6.43. The highest BCUT2D eigenvalue weighted by Gasteiger charge is 2.54.